The highest BCUT2D eigenvalue weighted by Gasteiger charge is 2.13. The van der Waals surface area contributed by atoms with Crippen molar-refractivity contribution in [2.45, 2.75) is 65.6 Å². The van der Waals surface area contributed by atoms with E-state index in [0.29, 0.717) is 6.04 Å². The molecule has 1 aromatic heterocycles. The summed E-state index contributed by atoms with van der Waals surface area (Å²) in [5.41, 5.74) is 1.43. The van der Waals surface area contributed by atoms with Crippen LogP contribution in [-0.2, 0) is 6.54 Å². The molecule has 3 nitrogen and oxygen atoms in total. The molecule has 1 aromatic rings. The van der Waals surface area contributed by atoms with Gasteiger partial charge in [0.05, 0.1) is 0 Å². The van der Waals surface area contributed by atoms with Gasteiger partial charge in [0.15, 0.2) is 0 Å². The van der Waals surface area contributed by atoms with Crippen molar-refractivity contribution in [3.63, 3.8) is 0 Å². The Kier molecular flexibility index (Phi) is 5.80. The van der Waals surface area contributed by atoms with Crippen LogP contribution in [0.1, 0.15) is 53.0 Å². The van der Waals surface area contributed by atoms with Gasteiger partial charge in [-0.2, -0.15) is 0 Å². The summed E-state index contributed by atoms with van der Waals surface area (Å²) in [4.78, 5) is 6.79. The molecule has 1 heterocycles. The van der Waals surface area contributed by atoms with Crippen LogP contribution in [0.4, 0.5) is 5.82 Å². The van der Waals surface area contributed by atoms with E-state index in [1.165, 1.54) is 5.56 Å². The lowest BCUT2D eigenvalue weighted by Crippen LogP contribution is -2.35. The van der Waals surface area contributed by atoms with Gasteiger partial charge in [-0.05, 0) is 51.3 Å². The Hall–Kier alpha value is -1.09. The number of nitrogens with one attached hydrogen (secondary N) is 1. The van der Waals surface area contributed by atoms with Crippen LogP contribution in [0.15, 0.2) is 18.3 Å². The predicted molar refractivity (Wildman–Crippen MR) is 83.6 cm³/mol. The maximum absolute atomic E-state index is 4.50. The lowest BCUT2D eigenvalue weighted by Gasteiger charge is -2.28. The van der Waals surface area contributed by atoms with Gasteiger partial charge in [0.1, 0.15) is 5.82 Å². The number of rotatable bonds is 6. The quantitative estimate of drug-likeness (QED) is 0.850. The minimum atomic E-state index is 0.144. The summed E-state index contributed by atoms with van der Waals surface area (Å²) in [6, 6.07) is 4.85. The van der Waals surface area contributed by atoms with Crippen LogP contribution in [-0.4, -0.2) is 23.6 Å². The van der Waals surface area contributed by atoms with Crippen LogP contribution in [0.5, 0.6) is 0 Å². The minimum Gasteiger partial charge on any atom is -0.357 e. The van der Waals surface area contributed by atoms with E-state index < -0.39 is 0 Å². The third-order valence-electron chi connectivity index (χ3n) is 3.48. The van der Waals surface area contributed by atoms with Crippen molar-refractivity contribution in [1.82, 2.24) is 10.3 Å². The van der Waals surface area contributed by atoms with E-state index in [1.807, 2.05) is 6.20 Å². The molecule has 0 saturated heterocycles. The molecular weight excluding hydrogens is 234 g/mol. The summed E-state index contributed by atoms with van der Waals surface area (Å²) in [5, 5.41) is 3.52. The Morgan fingerprint density at radius 1 is 1.26 bits per heavy atom. The predicted octanol–water partition coefficient (Wildman–Crippen LogP) is 3.59. The molecule has 0 aliphatic heterocycles. The maximum atomic E-state index is 4.50. The van der Waals surface area contributed by atoms with Gasteiger partial charge in [0, 0.05) is 31.4 Å². The van der Waals surface area contributed by atoms with Crippen LogP contribution < -0.4 is 10.2 Å². The highest BCUT2D eigenvalue weighted by molar-refractivity contribution is 5.41. The van der Waals surface area contributed by atoms with Crippen LogP contribution in [0.25, 0.3) is 0 Å². The molecule has 0 aliphatic carbocycles. The lowest BCUT2D eigenvalue weighted by molar-refractivity contribution is 0.424. The number of nitrogens with zero attached hydrogens (tertiary/aromatic N) is 2. The molecule has 19 heavy (non-hydrogen) atoms. The van der Waals surface area contributed by atoms with Gasteiger partial charge in [-0.3, -0.25) is 0 Å². The molecule has 0 amide bonds. The van der Waals surface area contributed by atoms with Crippen molar-refractivity contribution >= 4 is 5.82 Å². The molecule has 0 fully saturated rings. The summed E-state index contributed by atoms with van der Waals surface area (Å²) in [6.45, 7) is 11.9. The number of anilines is 1. The van der Waals surface area contributed by atoms with Crippen LogP contribution in [0.2, 0.25) is 0 Å². The van der Waals surface area contributed by atoms with E-state index >= 15 is 0 Å². The van der Waals surface area contributed by atoms with Gasteiger partial charge < -0.3 is 10.2 Å². The molecule has 1 N–H and O–H groups in total. The zero-order valence-electron chi connectivity index (χ0n) is 13.3. The zero-order chi connectivity index (χ0) is 14.5. The summed E-state index contributed by atoms with van der Waals surface area (Å²) in [5.74, 6) is 1.07. The first-order valence-corrected chi connectivity index (χ1v) is 7.30. The van der Waals surface area contributed by atoms with E-state index in [2.05, 4.69) is 69.0 Å². The molecule has 0 unspecified atom stereocenters. The second-order valence-corrected chi connectivity index (χ2v) is 6.21. The first-order valence-electron chi connectivity index (χ1n) is 7.30. The Morgan fingerprint density at radius 2 is 1.89 bits per heavy atom. The SMILES string of the molecule is CCC(CC)N(C)c1cc(CNC(C)(C)C)ccn1. The molecule has 1 rings (SSSR count). The molecule has 0 saturated carbocycles. The lowest BCUT2D eigenvalue weighted by atomic mass is 10.1. The summed E-state index contributed by atoms with van der Waals surface area (Å²) >= 11 is 0. The second-order valence-electron chi connectivity index (χ2n) is 6.21. The summed E-state index contributed by atoms with van der Waals surface area (Å²) in [6.07, 6.45) is 4.21. The number of pyridine rings is 1. The van der Waals surface area contributed by atoms with Crippen molar-refractivity contribution in [3.05, 3.63) is 23.9 Å². The van der Waals surface area contributed by atoms with E-state index in [4.69, 9.17) is 0 Å². The monoisotopic (exact) mass is 263 g/mol. The first kappa shape index (κ1) is 16.0. The molecule has 0 aliphatic rings. The Labute approximate surface area is 118 Å². The fourth-order valence-corrected chi connectivity index (χ4v) is 2.15. The van der Waals surface area contributed by atoms with E-state index in [1.54, 1.807) is 0 Å². The second kappa shape index (κ2) is 6.90. The first-order chi connectivity index (χ1) is 8.87. The Morgan fingerprint density at radius 3 is 2.42 bits per heavy atom. The maximum Gasteiger partial charge on any atom is 0.128 e. The molecule has 0 aromatic carbocycles. The number of aromatic nitrogens is 1. The van der Waals surface area contributed by atoms with Crippen LogP contribution >= 0.6 is 0 Å². The average Bonchev–Trinajstić information content (AvgIpc) is 2.37. The number of hydrogen-bond donors (Lipinski definition) is 1. The van der Waals surface area contributed by atoms with Gasteiger partial charge in [0.25, 0.3) is 0 Å². The average molecular weight is 263 g/mol. The standard InChI is InChI=1S/C16H29N3/c1-7-14(8-2)19(6)15-11-13(9-10-17-15)12-18-16(3,4)5/h9-11,14,18H,7-8,12H2,1-6H3. The molecule has 108 valence electrons. The molecular formula is C16H29N3. The van der Waals surface area contributed by atoms with Crippen molar-refractivity contribution in [2.75, 3.05) is 11.9 Å². The van der Waals surface area contributed by atoms with Gasteiger partial charge >= 0.3 is 0 Å². The number of hydrogen-bond acceptors (Lipinski definition) is 3. The third kappa shape index (κ3) is 5.19. The fourth-order valence-electron chi connectivity index (χ4n) is 2.15. The van der Waals surface area contributed by atoms with Crippen LogP contribution in [0.3, 0.4) is 0 Å². The van der Waals surface area contributed by atoms with Gasteiger partial charge in [-0.1, -0.05) is 13.8 Å². The third-order valence-corrected chi connectivity index (χ3v) is 3.48. The molecule has 0 spiro atoms. The molecule has 3 heteroatoms. The summed E-state index contributed by atoms with van der Waals surface area (Å²) < 4.78 is 0. The van der Waals surface area contributed by atoms with E-state index in [9.17, 15) is 0 Å². The topological polar surface area (TPSA) is 28.2 Å². The largest absolute Gasteiger partial charge is 0.357 e. The van der Waals surface area contributed by atoms with E-state index in [-0.39, 0.29) is 5.54 Å². The van der Waals surface area contributed by atoms with Crippen LogP contribution in [0, 0.1) is 0 Å². The molecule has 0 bridgehead atoms. The molecule has 0 atom stereocenters. The minimum absolute atomic E-state index is 0.144. The Bertz CT molecular complexity index is 378. The smallest absolute Gasteiger partial charge is 0.128 e. The molecule has 0 radical (unpaired) electrons. The van der Waals surface area contributed by atoms with E-state index in [0.717, 1.165) is 25.2 Å². The normalized spacial score (nSPS) is 11.9. The highest BCUT2D eigenvalue weighted by Crippen LogP contribution is 2.17. The van der Waals surface area contributed by atoms with Gasteiger partial charge in [-0.25, -0.2) is 4.98 Å². The summed E-state index contributed by atoms with van der Waals surface area (Å²) in [7, 11) is 2.14. The van der Waals surface area contributed by atoms with Crippen molar-refractivity contribution in [3.8, 4) is 0 Å². The van der Waals surface area contributed by atoms with Crippen molar-refractivity contribution in [1.29, 1.82) is 0 Å². The zero-order valence-corrected chi connectivity index (χ0v) is 13.3. The highest BCUT2D eigenvalue weighted by atomic mass is 15.2. The van der Waals surface area contributed by atoms with Gasteiger partial charge in [0.2, 0.25) is 0 Å². The van der Waals surface area contributed by atoms with Crippen molar-refractivity contribution < 1.29 is 0 Å². The van der Waals surface area contributed by atoms with Gasteiger partial charge in [-0.15, -0.1) is 0 Å². The van der Waals surface area contributed by atoms with Crippen molar-refractivity contribution in [2.24, 2.45) is 0 Å². The fraction of sp³-hybridized carbons (Fsp3) is 0.688. The Balaban J connectivity index is 2.76.